The molecule has 2 aromatic carbocycles. The molecule has 0 bridgehead atoms. The van der Waals surface area contributed by atoms with Crippen LogP contribution >= 0.6 is 0 Å². The third-order valence-electron chi connectivity index (χ3n) is 7.08. The molecule has 1 aromatic heterocycles. The number of ether oxygens (including phenoxy) is 1. The van der Waals surface area contributed by atoms with E-state index in [1.54, 1.807) is 6.20 Å². The van der Waals surface area contributed by atoms with Crippen LogP contribution in [0.3, 0.4) is 0 Å². The van der Waals surface area contributed by atoms with Gasteiger partial charge in [-0.15, -0.1) is 0 Å². The van der Waals surface area contributed by atoms with Gasteiger partial charge in [0.15, 0.2) is 0 Å². The molecule has 1 aliphatic rings. The Balaban J connectivity index is 1.57. The summed E-state index contributed by atoms with van der Waals surface area (Å²) in [5, 5.41) is 3.22. The fourth-order valence-electron chi connectivity index (χ4n) is 5.24. The average Bonchev–Trinajstić information content (AvgIpc) is 3.39. The van der Waals surface area contributed by atoms with Gasteiger partial charge >= 0.3 is 0 Å². The number of nitrogens with zero attached hydrogens (tertiary/aromatic N) is 1. The number of anilines is 1. The van der Waals surface area contributed by atoms with Crippen molar-refractivity contribution in [2.24, 2.45) is 5.92 Å². The molecule has 0 aliphatic heterocycles. The smallest absolute Gasteiger partial charge is 0.232 e. The monoisotopic (exact) mass is 484 g/mol. The van der Waals surface area contributed by atoms with Crippen LogP contribution in [0.4, 0.5) is 5.69 Å². The van der Waals surface area contributed by atoms with Crippen LogP contribution in [0.2, 0.25) is 0 Å². The first kappa shape index (κ1) is 25.6. The molecule has 1 heterocycles. The van der Waals surface area contributed by atoms with Crippen molar-refractivity contribution in [2.75, 3.05) is 5.32 Å². The Labute approximate surface area is 214 Å². The normalized spacial score (nSPS) is 14.6. The number of aromatic nitrogens is 1. The first-order chi connectivity index (χ1) is 17.5. The highest BCUT2D eigenvalue weighted by molar-refractivity contribution is 5.97. The molecule has 5 nitrogen and oxygen atoms in total. The Morgan fingerprint density at radius 3 is 2.53 bits per heavy atom. The highest BCUT2D eigenvalue weighted by Crippen LogP contribution is 2.39. The molecule has 0 spiro atoms. The summed E-state index contributed by atoms with van der Waals surface area (Å²) >= 11 is 0. The number of pyridine rings is 1. The van der Waals surface area contributed by atoms with E-state index in [2.05, 4.69) is 34.6 Å². The lowest BCUT2D eigenvalue weighted by Gasteiger charge is -2.24. The quantitative estimate of drug-likeness (QED) is 0.318. The molecule has 5 heteroatoms. The van der Waals surface area contributed by atoms with Gasteiger partial charge in [0.25, 0.3) is 0 Å². The van der Waals surface area contributed by atoms with E-state index >= 15 is 0 Å². The molecule has 188 valence electrons. The lowest BCUT2D eigenvalue weighted by Crippen LogP contribution is -2.27. The Bertz CT molecular complexity index is 1180. The number of hydrogen-bond donors (Lipinski definition) is 1. The van der Waals surface area contributed by atoms with Crippen LogP contribution in [0.15, 0.2) is 60.9 Å². The minimum atomic E-state index is -0.201. The lowest BCUT2D eigenvalue weighted by molar-refractivity contribution is -0.118. The molecular formula is C31H36N2O3. The molecule has 36 heavy (non-hydrogen) atoms. The summed E-state index contributed by atoms with van der Waals surface area (Å²) < 4.78 is 5.80. The summed E-state index contributed by atoms with van der Waals surface area (Å²) in [6, 6.07) is 16.3. The van der Waals surface area contributed by atoms with Crippen molar-refractivity contribution in [2.45, 2.75) is 71.3 Å². The Hall–Kier alpha value is -3.47. The second-order valence-electron chi connectivity index (χ2n) is 10.0. The van der Waals surface area contributed by atoms with Crippen LogP contribution in [0.5, 0.6) is 5.75 Å². The number of carbonyl (C=O) groups is 2. The second kappa shape index (κ2) is 12.0. The van der Waals surface area contributed by atoms with Crippen LogP contribution < -0.4 is 10.1 Å². The van der Waals surface area contributed by atoms with Gasteiger partial charge in [0.2, 0.25) is 5.91 Å². The fraction of sp³-hybridized carbons (Fsp3) is 0.387. The molecule has 1 fully saturated rings. The van der Waals surface area contributed by atoms with Gasteiger partial charge < -0.3 is 14.8 Å². The van der Waals surface area contributed by atoms with Crippen LogP contribution in [0, 0.1) is 12.8 Å². The number of aryl methyl sites for hydroxylation is 1. The minimum Gasteiger partial charge on any atom is -0.489 e. The van der Waals surface area contributed by atoms with Crippen molar-refractivity contribution in [1.82, 2.24) is 4.98 Å². The standard InChI is InChI=1S/C31H36N2O3/c1-21(2)36-28-18-27(19-32-20-28)24-13-15-26(16-14-24)30(25-8-4-5-9-25)31(35)33-29-12-6-10-23(22(29)3)11-7-17-34/h6,10,12-21,25,30H,4-5,7-9,11H2,1-3H3,(H,33,35). The Kier molecular flexibility index (Phi) is 8.52. The van der Waals surface area contributed by atoms with Gasteiger partial charge in [0, 0.05) is 23.9 Å². The van der Waals surface area contributed by atoms with Crippen molar-refractivity contribution in [3.05, 3.63) is 77.6 Å². The molecule has 1 atom stereocenters. The van der Waals surface area contributed by atoms with E-state index in [4.69, 9.17) is 4.74 Å². The number of amides is 1. The van der Waals surface area contributed by atoms with Crippen LogP contribution in [0.1, 0.15) is 68.6 Å². The maximum atomic E-state index is 13.7. The van der Waals surface area contributed by atoms with Crippen molar-refractivity contribution in [3.63, 3.8) is 0 Å². The molecule has 1 aliphatic carbocycles. The first-order valence-electron chi connectivity index (χ1n) is 13.0. The van der Waals surface area contributed by atoms with Crippen molar-refractivity contribution in [3.8, 4) is 16.9 Å². The van der Waals surface area contributed by atoms with Gasteiger partial charge in [-0.3, -0.25) is 9.78 Å². The summed E-state index contributed by atoms with van der Waals surface area (Å²) in [6.45, 7) is 6.01. The van der Waals surface area contributed by atoms with Crippen LogP contribution in [-0.2, 0) is 16.0 Å². The summed E-state index contributed by atoms with van der Waals surface area (Å²) in [5.74, 6) is 0.923. The fourth-order valence-corrected chi connectivity index (χ4v) is 5.24. The zero-order chi connectivity index (χ0) is 25.5. The number of rotatable bonds is 10. The summed E-state index contributed by atoms with van der Waals surface area (Å²) in [5.41, 5.74) is 6.04. The number of nitrogens with one attached hydrogen (secondary N) is 1. The average molecular weight is 485 g/mol. The van der Waals surface area contributed by atoms with Gasteiger partial charge in [0.1, 0.15) is 12.0 Å². The molecule has 0 saturated heterocycles. The number of hydrogen-bond acceptors (Lipinski definition) is 4. The minimum absolute atomic E-state index is 0.0410. The SMILES string of the molecule is Cc1c(CCC=O)cccc1NC(=O)C(c1ccc(-c2cncc(OC(C)C)c2)cc1)C1CCCC1. The number of carbonyl (C=O) groups excluding carboxylic acids is 2. The van der Waals surface area contributed by atoms with Gasteiger partial charge in [-0.05, 0) is 80.3 Å². The molecule has 3 aromatic rings. The van der Waals surface area contributed by atoms with Crippen LogP contribution in [0.25, 0.3) is 11.1 Å². The van der Waals surface area contributed by atoms with Gasteiger partial charge in [-0.2, -0.15) is 0 Å². The van der Waals surface area contributed by atoms with Crippen molar-refractivity contribution in [1.29, 1.82) is 0 Å². The highest BCUT2D eigenvalue weighted by atomic mass is 16.5. The zero-order valence-corrected chi connectivity index (χ0v) is 21.5. The van der Waals surface area contributed by atoms with E-state index in [1.165, 1.54) is 12.8 Å². The zero-order valence-electron chi connectivity index (χ0n) is 21.5. The summed E-state index contributed by atoms with van der Waals surface area (Å²) in [4.78, 5) is 28.9. The van der Waals surface area contributed by atoms with E-state index < -0.39 is 0 Å². The first-order valence-corrected chi connectivity index (χ1v) is 13.0. The van der Waals surface area contributed by atoms with Gasteiger partial charge in [-0.1, -0.05) is 49.2 Å². The van der Waals surface area contributed by atoms with E-state index in [-0.39, 0.29) is 17.9 Å². The van der Waals surface area contributed by atoms with E-state index in [0.29, 0.717) is 18.8 Å². The second-order valence-corrected chi connectivity index (χ2v) is 10.0. The molecule has 1 amide bonds. The largest absolute Gasteiger partial charge is 0.489 e. The number of benzene rings is 2. The topological polar surface area (TPSA) is 68.3 Å². The molecule has 1 saturated carbocycles. The molecular weight excluding hydrogens is 448 g/mol. The molecule has 4 rings (SSSR count). The van der Waals surface area contributed by atoms with Crippen LogP contribution in [-0.4, -0.2) is 23.3 Å². The Morgan fingerprint density at radius 2 is 1.83 bits per heavy atom. The highest BCUT2D eigenvalue weighted by Gasteiger charge is 2.32. The predicted octanol–water partition coefficient (Wildman–Crippen LogP) is 6.89. The summed E-state index contributed by atoms with van der Waals surface area (Å²) in [7, 11) is 0. The number of aldehydes is 1. The van der Waals surface area contributed by atoms with Crippen molar-refractivity contribution < 1.29 is 14.3 Å². The maximum Gasteiger partial charge on any atom is 0.232 e. The third-order valence-corrected chi connectivity index (χ3v) is 7.08. The van der Waals surface area contributed by atoms with Crippen molar-refractivity contribution >= 4 is 17.9 Å². The molecule has 1 unspecified atom stereocenters. The Morgan fingerprint density at radius 1 is 1.08 bits per heavy atom. The van der Waals surface area contributed by atoms with Gasteiger partial charge in [0.05, 0.1) is 18.2 Å². The van der Waals surface area contributed by atoms with E-state index in [9.17, 15) is 9.59 Å². The maximum absolute atomic E-state index is 13.7. The lowest BCUT2D eigenvalue weighted by atomic mass is 9.83. The molecule has 0 radical (unpaired) electrons. The van der Waals surface area contributed by atoms with E-state index in [0.717, 1.165) is 58.4 Å². The predicted molar refractivity (Wildman–Crippen MR) is 144 cm³/mol. The summed E-state index contributed by atoms with van der Waals surface area (Å²) in [6.07, 6.45) is 10.2. The molecule has 1 N–H and O–H groups in total. The van der Waals surface area contributed by atoms with E-state index in [1.807, 2.05) is 51.2 Å². The van der Waals surface area contributed by atoms with Gasteiger partial charge in [-0.25, -0.2) is 0 Å². The third kappa shape index (κ3) is 6.20.